The number of fused-ring (bicyclic) bond motifs is 1. The van der Waals surface area contributed by atoms with Gasteiger partial charge in [0.2, 0.25) is 0 Å². The third-order valence-electron chi connectivity index (χ3n) is 4.32. The van der Waals surface area contributed by atoms with Crippen LogP contribution in [0.5, 0.6) is 0 Å². The summed E-state index contributed by atoms with van der Waals surface area (Å²) in [6.45, 7) is 0.174. The summed E-state index contributed by atoms with van der Waals surface area (Å²) in [6, 6.07) is 14.2. The van der Waals surface area contributed by atoms with Crippen LogP contribution in [0, 0.1) is 0 Å². The molecule has 2 aromatic heterocycles. The van der Waals surface area contributed by atoms with Gasteiger partial charge < -0.3 is 0 Å². The number of pyridine rings is 1. The SMILES string of the molecule is FC(F)(F)c1cccc2c(-c3ccccn3)n(Cc3ccc(Cl)cc3Cl)nc12. The minimum Gasteiger partial charge on any atom is -0.258 e. The number of nitrogens with zero attached hydrogens (tertiary/aromatic N) is 3. The van der Waals surface area contributed by atoms with Gasteiger partial charge in [0.05, 0.1) is 23.5 Å². The molecule has 2 heterocycles. The van der Waals surface area contributed by atoms with Crippen LogP contribution in [-0.2, 0) is 12.7 Å². The van der Waals surface area contributed by atoms with Crippen molar-refractivity contribution in [1.29, 1.82) is 0 Å². The quantitative estimate of drug-likeness (QED) is 0.379. The summed E-state index contributed by atoms with van der Waals surface area (Å²) in [5.74, 6) is 0. The number of benzene rings is 2. The first-order valence-electron chi connectivity index (χ1n) is 8.26. The lowest BCUT2D eigenvalue weighted by Gasteiger charge is -2.09. The minimum atomic E-state index is -4.52. The molecule has 0 amide bonds. The topological polar surface area (TPSA) is 30.7 Å². The molecule has 0 N–H and O–H groups in total. The van der Waals surface area contributed by atoms with Gasteiger partial charge in [-0.1, -0.05) is 47.5 Å². The van der Waals surface area contributed by atoms with Crippen molar-refractivity contribution in [2.75, 3.05) is 0 Å². The van der Waals surface area contributed by atoms with Gasteiger partial charge in [0.25, 0.3) is 0 Å². The summed E-state index contributed by atoms with van der Waals surface area (Å²) in [5.41, 5.74) is 0.788. The molecule has 0 radical (unpaired) electrons. The van der Waals surface area contributed by atoms with Crippen molar-refractivity contribution in [2.24, 2.45) is 0 Å². The van der Waals surface area contributed by atoms with Crippen molar-refractivity contribution in [3.63, 3.8) is 0 Å². The van der Waals surface area contributed by atoms with Gasteiger partial charge in [-0.05, 0) is 35.9 Å². The Balaban J connectivity index is 1.96. The first kappa shape index (κ1) is 18.8. The fourth-order valence-electron chi connectivity index (χ4n) is 3.08. The van der Waals surface area contributed by atoms with E-state index in [0.717, 1.165) is 6.07 Å². The summed E-state index contributed by atoms with van der Waals surface area (Å²) < 4.78 is 42.0. The van der Waals surface area contributed by atoms with Crippen LogP contribution < -0.4 is 0 Å². The summed E-state index contributed by atoms with van der Waals surface area (Å²) in [6.07, 6.45) is -2.93. The van der Waals surface area contributed by atoms with E-state index >= 15 is 0 Å². The van der Waals surface area contributed by atoms with Crippen LogP contribution >= 0.6 is 23.2 Å². The van der Waals surface area contributed by atoms with Crippen LogP contribution in [-0.4, -0.2) is 14.8 Å². The highest BCUT2D eigenvalue weighted by molar-refractivity contribution is 6.35. The summed E-state index contributed by atoms with van der Waals surface area (Å²) in [4.78, 5) is 4.31. The molecule has 28 heavy (non-hydrogen) atoms. The third-order valence-corrected chi connectivity index (χ3v) is 4.91. The zero-order valence-corrected chi connectivity index (χ0v) is 15.7. The van der Waals surface area contributed by atoms with Gasteiger partial charge in [-0.25, -0.2) is 0 Å². The average molecular weight is 422 g/mol. The number of hydrogen-bond acceptors (Lipinski definition) is 2. The maximum atomic E-state index is 13.5. The summed E-state index contributed by atoms with van der Waals surface area (Å²) in [7, 11) is 0. The number of halogens is 5. The highest BCUT2D eigenvalue weighted by Gasteiger charge is 2.34. The third kappa shape index (κ3) is 3.45. The van der Waals surface area contributed by atoms with E-state index in [1.807, 2.05) is 0 Å². The van der Waals surface area contributed by atoms with Gasteiger partial charge in [-0.3, -0.25) is 9.67 Å². The molecule has 0 unspecified atom stereocenters. The van der Waals surface area contributed by atoms with Crippen LogP contribution in [0.3, 0.4) is 0 Å². The summed E-state index contributed by atoms with van der Waals surface area (Å²) >= 11 is 12.2. The normalized spacial score (nSPS) is 11.9. The average Bonchev–Trinajstić information content (AvgIpc) is 3.01. The second-order valence-electron chi connectivity index (χ2n) is 6.16. The monoisotopic (exact) mass is 421 g/mol. The smallest absolute Gasteiger partial charge is 0.258 e. The molecule has 0 aliphatic rings. The molecule has 8 heteroatoms. The standard InChI is InChI=1S/C20H12Cl2F3N3/c21-13-8-7-12(16(22)10-13)11-28-19(17-6-1-2-9-26-17)14-4-3-5-15(18(14)27-28)20(23,24)25/h1-10H,11H2. The molecular formula is C20H12Cl2F3N3. The number of aromatic nitrogens is 3. The van der Waals surface area contributed by atoms with Crippen molar-refractivity contribution in [3.05, 3.63) is 82.0 Å². The number of alkyl halides is 3. The van der Waals surface area contributed by atoms with Gasteiger partial charge in [0.1, 0.15) is 5.52 Å². The Morgan fingerprint density at radius 1 is 0.964 bits per heavy atom. The zero-order chi connectivity index (χ0) is 19.9. The molecule has 0 aliphatic carbocycles. The Labute approximate surface area is 168 Å². The zero-order valence-electron chi connectivity index (χ0n) is 14.2. The lowest BCUT2D eigenvalue weighted by atomic mass is 10.1. The Bertz CT molecular complexity index is 1150. The van der Waals surface area contributed by atoms with Crippen LogP contribution in [0.15, 0.2) is 60.8 Å². The molecule has 0 saturated carbocycles. The molecule has 0 atom stereocenters. The Morgan fingerprint density at radius 3 is 2.46 bits per heavy atom. The Hall–Kier alpha value is -2.57. The van der Waals surface area contributed by atoms with E-state index in [1.165, 1.54) is 10.7 Å². The van der Waals surface area contributed by atoms with E-state index < -0.39 is 11.7 Å². The first-order chi connectivity index (χ1) is 13.3. The second kappa shape index (κ2) is 7.11. The molecular weight excluding hydrogens is 410 g/mol. The van der Waals surface area contributed by atoms with E-state index in [4.69, 9.17) is 23.2 Å². The molecule has 4 rings (SSSR count). The van der Waals surface area contributed by atoms with Crippen LogP contribution in [0.4, 0.5) is 13.2 Å². The van der Waals surface area contributed by atoms with E-state index in [0.29, 0.717) is 32.4 Å². The predicted octanol–water partition coefficient (Wildman–Crippen LogP) is 6.47. The predicted molar refractivity (Wildman–Crippen MR) is 104 cm³/mol. The largest absolute Gasteiger partial charge is 0.418 e. The lowest BCUT2D eigenvalue weighted by molar-refractivity contribution is -0.136. The van der Waals surface area contributed by atoms with Crippen molar-refractivity contribution in [2.45, 2.75) is 12.7 Å². The lowest BCUT2D eigenvalue weighted by Crippen LogP contribution is -2.07. The van der Waals surface area contributed by atoms with Gasteiger partial charge in [-0.15, -0.1) is 0 Å². The molecule has 3 nitrogen and oxygen atoms in total. The van der Waals surface area contributed by atoms with Gasteiger partial charge in [0.15, 0.2) is 0 Å². The fraction of sp³-hybridized carbons (Fsp3) is 0.100. The van der Waals surface area contributed by atoms with Crippen molar-refractivity contribution < 1.29 is 13.2 Å². The molecule has 0 saturated heterocycles. The maximum Gasteiger partial charge on any atom is 0.418 e. The second-order valence-corrected chi connectivity index (χ2v) is 7.00. The molecule has 0 bridgehead atoms. The molecule has 0 aliphatic heterocycles. The minimum absolute atomic E-state index is 0.124. The first-order valence-corrected chi connectivity index (χ1v) is 9.02. The van der Waals surface area contributed by atoms with Gasteiger partial charge >= 0.3 is 6.18 Å². The maximum absolute atomic E-state index is 13.5. The highest BCUT2D eigenvalue weighted by Crippen LogP contribution is 2.38. The number of rotatable bonds is 3. The van der Waals surface area contributed by atoms with E-state index in [1.54, 1.807) is 48.7 Å². The molecule has 0 fully saturated rings. The summed E-state index contributed by atoms with van der Waals surface area (Å²) in [5, 5.41) is 5.54. The van der Waals surface area contributed by atoms with Gasteiger partial charge in [0, 0.05) is 21.6 Å². The van der Waals surface area contributed by atoms with Crippen molar-refractivity contribution >= 4 is 34.1 Å². The Morgan fingerprint density at radius 2 is 1.79 bits per heavy atom. The molecule has 4 aromatic rings. The Kier molecular flexibility index (Phi) is 4.77. The fourth-order valence-corrected chi connectivity index (χ4v) is 3.55. The molecule has 0 spiro atoms. The van der Waals surface area contributed by atoms with Crippen molar-refractivity contribution in [3.8, 4) is 11.4 Å². The number of hydrogen-bond donors (Lipinski definition) is 0. The van der Waals surface area contributed by atoms with E-state index in [2.05, 4.69) is 10.1 Å². The van der Waals surface area contributed by atoms with Gasteiger partial charge in [-0.2, -0.15) is 18.3 Å². The molecule has 2 aromatic carbocycles. The van der Waals surface area contributed by atoms with Crippen LogP contribution in [0.2, 0.25) is 10.0 Å². The van der Waals surface area contributed by atoms with Crippen LogP contribution in [0.25, 0.3) is 22.3 Å². The van der Waals surface area contributed by atoms with Crippen LogP contribution in [0.1, 0.15) is 11.1 Å². The highest BCUT2D eigenvalue weighted by atomic mass is 35.5. The van der Waals surface area contributed by atoms with E-state index in [-0.39, 0.29) is 12.1 Å². The molecule has 142 valence electrons. The van der Waals surface area contributed by atoms with E-state index in [9.17, 15) is 13.2 Å². The van der Waals surface area contributed by atoms with Crippen molar-refractivity contribution in [1.82, 2.24) is 14.8 Å².